The van der Waals surface area contributed by atoms with E-state index in [1.807, 2.05) is 0 Å². The predicted molar refractivity (Wildman–Crippen MR) is 40.7 cm³/mol. The lowest BCUT2D eigenvalue weighted by Crippen LogP contribution is -2.68. The fraction of sp³-hybridized carbons (Fsp3) is 0.800. The first-order valence-corrected chi connectivity index (χ1v) is 5.40. The second kappa shape index (κ2) is 5.27. The van der Waals surface area contributed by atoms with Crippen LogP contribution in [0.4, 0.5) is 0 Å². The molecule has 0 aliphatic rings. The Balaban J connectivity index is 0. The van der Waals surface area contributed by atoms with Gasteiger partial charge in [0.1, 0.15) is 6.04 Å². The highest BCUT2D eigenvalue weighted by atomic mass is 31.2. The van der Waals surface area contributed by atoms with E-state index in [1.54, 1.807) is 0 Å². The molecule has 12 heavy (non-hydrogen) atoms. The minimum Gasteiger partial charge on any atom is -0.799 e. The summed E-state index contributed by atoms with van der Waals surface area (Å²) in [6.45, 7) is 1.08. The molecule has 1 unspecified atom stereocenters. The van der Waals surface area contributed by atoms with Crippen LogP contribution in [-0.4, -0.2) is 24.8 Å². The van der Waals surface area contributed by atoms with E-state index in [1.165, 1.54) is 0 Å². The van der Waals surface area contributed by atoms with Gasteiger partial charge in [0.05, 0.1) is 5.97 Å². The third-order valence-electron chi connectivity index (χ3n) is 1.22. The summed E-state index contributed by atoms with van der Waals surface area (Å²) in [6, 6.07) is -0.933. The van der Waals surface area contributed by atoms with Crippen LogP contribution in [0.5, 0.6) is 0 Å². The van der Waals surface area contributed by atoms with Crippen molar-refractivity contribution in [3.8, 4) is 0 Å². The summed E-state index contributed by atoms with van der Waals surface area (Å²) in [7, 11) is -3.34. The first-order valence-electron chi connectivity index (χ1n) is 3.14. The van der Waals surface area contributed by atoms with Gasteiger partial charge in [-0.1, -0.05) is 0 Å². The van der Waals surface area contributed by atoms with Gasteiger partial charge in [-0.2, -0.15) is 0 Å². The van der Waals surface area contributed by atoms with Gasteiger partial charge in [0, 0.05) is 13.8 Å². The van der Waals surface area contributed by atoms with Crippen LogP contribution < -0.4 is 21.9 Å². The van der Waals surface area contributed by atoms with Gasteiger partial charge in [-0.3, -0.25) is 0 Å². The lowest BCUT2D eigenvalue weighted by Gasteiger charge is -2.18. The molecule has 0 aliphatic heterocycles. The zero-order chi connectivity index (χ0) is 9.07. The van der Waals surface area contributed by atoms with E-state index in [0.29, 0.717) is 0 Å². The number of carbonyl (C=O) groups is 1. The average Bonchev–Trinajstić information content (AvgIpc) is 1.80. The van der Waals surface area contributed by atoms with Crippen molar-refractivity contribution in [2.75, 3.05) is 12.8 Å². The molecule has 0 saturated heterocycles. The summed E-state index contributed by atoms with van der Waals surface area (Å²) in [4.78, 5) is 20.6. The van der Waals surface area contributed by atoms with Crippen LogP contribution in [0.25, 0.3) is 0 Å². The first kappa shape index (κ1) is 14.1. The summed E-state index contributed by atoms with van der Waals surface area (Å²) in [6.07, 6.45) is -0.102. The average molecular weight is 198 g/mol. The van der Waals surface area contributed by atoms with E-state index in [-0.39, 0.29) is 18.7 Å². The van der Waals surface area contributed by atoms with E-state index < -0.39 is 19.4 Å². The minimum absolute atomic E-state index is 0. The molecule has 0 saturated carbocycles. The number of rotatable bonds is 4. The Hall–Kier alpha value is -0.420. The number of carbonyl (C=O) groups excluding carboxylic acids is 1. The number of quaternary nitrogens is 2. The molecular formula is C5H15N2O4P. The second-order valence-electron chi connectivity index (χ2n) is 2.54. The van der Waals surface area contributed by atoms with Crippen molar-refractivity contribution in [1.82, 2.24) is 6.15 Å². The molecular weight excluding hydrogens is 183 g/mol. The maximum atomic E-state index is 10.5. The third-order valence-corrected chi connectivity index (χ3v) is 2.29. The highest BCUT2D eigenvalue weighted by Gasteiger charge is 2.09. The summed E-state index contributed by atoms with van der Waals surface area (Å²) >= 11 is 0. The lowest BCUT2D eigenvalue weighted by molar-refractivity contribution is -0.437. The van der Waals surface area contributed by atoms with Gasteiger partial charge in [0.25, 0.3) is 0 Å². The smallest absolute Gasteiger partial charge is 0.125 e. The number of carboxylic acids is 1. The van der Waals surface area contributed by atoms with Gasteiger partial charge in [-0.05, 0) is 12.8 Å². The van der Waals surface area contributed by atoms with Crippen molar-refractivity contribution in [3.63, 3.8) is 0 Å². The summed E-state index contributed by atoms with van der Waals surface area (Å²) < 4.78 is 10.5. The number of aliphatic carboxylic acids is 1. The Labute approximate surface area is 70.8 Å². The van der Waals surface area contributed by atoms with Crippen molar-refractivity contribution in [2.45, 2.75) is 12.5 Å². The zero-order valence-corrected chi connectivity index (χ0v) is 8.17. The molecule has 7 heteroatoms. The van der Waals surface area contributed by atoms with Gasteiger partial charge in [-0.25, -0.2) is 0 Å². The maximum absolute atomic E-state index is 10.5. The topological polar surface area (TPSA) is 144 Å². The standard InChI is InChI=1S/C5H12NO4P.H3N/c1-11(9,10)3-2-4(6)5(7)8;/h4H,2-3,6H2,1H3,(H,7,8)(H,9,10);1H3/t4-;/m0./s1. The predicted octanol–water partition coefficient (Wildman–Crippen LogP) is -2.62. The van der Waals surface area contributed by atoms with Crippen molar-refractivity contribution < 1.29 is 25.1 Å². The third kappa shape index (κ3) is 7.68. The number of hydrogen-bond donors (Lipinski definition) is 2. The molecule has 0 aromatic carbocycles. The molecule has 0 heterocycles. The number of hydrogen-bond acceptors (Lipinski definition) is 4. The van der Waals surface area contributed by atoms with Crippen LogP contribution in [0.1, 0.15) is 6.42 Å². The highest BCUT2D eigenvalue weighted by molar-refractivity contribution is 7.55. The van der Waals surface area contributed by atoms with E-state index in [4.69, 9.17) is 0 Å². The van der Waals surface area contributed by atoms with Gasteiger partial charge < -0.3 is 31.2 Å². The molecule has 0 amide bonds. The van der Waals surface area contributed by atoms with Gasteiger partial charge in [-0.15, -0.1) is 0 Å². The van der Waals surface area contributed by atoms with E-state index >= 15 is 0 Å². The molecule has 6 nitrogen and oxygen atoms in total. The Bertz CT molecular complexity index is 190. The molecule has 0 aromatic rings. The van der Waals surface area contributed by atoms with Crippen LogP contribution in [0.2, 0.25) is 0 Å². The SMILES string of the molecule is CP(=O)([O-])CC[C@H]([NH3+])C(=O)[O-].[NH4+]. The van der Waals surface area contributed by atoms with Gasteiger partial charge in [0.15, 0.2) is 0 Å². The lowest BCUT2D eigenvalue weighted by atomic mass is 10.2. The molecule has 7 N–H and O–H groups in total. The Morgan fingerprint density at radius 3 is 2.33 bits per heavy atom. The van der Waals surface area contributed by atoms with Crippen LogP contribution in [0, 0.1) is 0 Å². The summed E-state index contributed by atoms with van der Waals surface area (Å²) in [5.41, 5.74) is 3.22. The van der Waals surface area contributed by atoms with Gasteiger partial charge >= 0.3 is 0 Å². The minimum atomic E-state index is -3.34. The van der Waals surface area contributed by atoms with Crippen molar-refractivity contribution in [1.29, 1.82) is 0 Å². The quantitative estimate of drug-likeness (QED) is 0.476. The summed E-state index contributed by atoms with van der Waals surface area (Å²) in [5, 5.41) is 10.1. The van der Waals surface area contributed by atoms with Crippen LogP contribution in [0.3, 0.4) is 0 Å². The van der Waals surface area contributed by atoms with Gasteiger partial charge in [0.2, 0.25) is 0 Å². The summed E-state index contributed by atoms with van der Waals surface area (Å²) in [5.74, 6) is -1.31. The second-order valence-corrected chi connectivity index (χ2v) is 5.02. The molecule has 0 aliphatic carbocycles. The fourth-order valence-electron chi connectivity index (χ4n) is 0.508. The monoisotopic (exact) mass is 198 g/mol. The van der Waals surface area contributed by atoms with Crippen LogP contribution in [0.15, 0.2) is 0 Å². The normalized spacial score (nSPS) is 17.2. The highest BCUT2D eigenvalue weighted by Crippen LogP contribution is 2.30. The maximum Gasteiger partial charge on any atom is 0.125 e. The van der Waals surface area contributed by atoms with E-state index in [2.05, 4.69) is 5.73 Å². The molecule has 2 atom stereocenters. The molecule has 0 fully saturated rings. The van der Waals surface area contributed by atoms with Crippen molar-refractivity contribution >= 4 is 13.3 Å². The number of carboxylic acid groups (broad SMARTS) is 1. The Kier molecular flexibility index (Phi) is 6.20. The van der Waals surface area contributed by atoms with Crippen LogP contribution >= 0.6 is 7.37 Å². The molecule has 0 radical (unpaired) electrons. The molecule has 0 bridgehead atoms. The van der Waals surface area contributed by atoms with E-state index in [9.17, 15) is 19.4 Å². The van der Waals surface area contributed by atoms with Crippen molar-refractivity contribution in [2.24, 2.45) is 0 Å². The van der Waals surface area contributed by atoms with Crippen LogP contribution in [-0.2, 0) is 9.36 Å². The van der Waals surface area contributed by atoms with E-state index in [0.717, 1.165) is 6.66 Å². The molecule has 0 rings (SSSR count). The van der Waals surface area contributed by atoms with Crippen molar-refractivity contribution in [3.05, 3.63) is 0 Å². The Morgan fingerprint density at radius 2 is 2.08 bits per heavy atom. The fourth-order valence-corrected chi connectivity index (χ4v) is 1.29. The zero-order valence-electron chi connectivity index (χ0n) is 7.28. The largest absolute Gasteiger partial charge is 0.799 e. The molecule has 0 aromatic heterocycles. The molecule has 74 valence electrons. The Morgan fingerprint density at radius 1 is 1.67 bits per heavy atom. The first-order chi connectivity index (χ1) is 4.83. The molecule has 0 spiro atoms.